The average Bonchev–Trinajstić information content (AvgIpc) is 1.83. The Hall–Kier alpha value is 0.340. The molecule has 7 heteroatoms. The lowest BCUT2D eigenvalue weighted by molar-refractivity contribution is 0.268. The monoisotopic (exact) mass is 230 g/mol. The summed E-state index contributed by atoms with van der Waals surface area (Å²) in [4.78, 5) is 18.5. The van der Waals surface area contributed by atoms with Crippen molar-refractivity contribution in [3.63, 3.8) is 0 Å². The fourth-order valence-corrected chi connectivity index (χ4v) is 5.16. The molecule has 13 heavy (non-hydrogen) atoms. The van der Waals surface area contributed by atoms with Crippen molar-refractivity contribution in [2.45, 2.75) is 25.7 Å². The molecule has 0 aliphatic rings. The normalized spacial score (nSPS) is 23.2. The van der Waals surface area contributed by atoms with E-state index in [-0.39, 0.29) is 13.0 Å². The van der Waals surface area contributed by atoms with Gasteiger partial charge in [0.2, 0.25) is 7.37 Å². The van der Waals surface area contributed by atoms with Crippen LogP contribution < -0.4 is 0 Å². The van der Waals surface area contributed by atoms with E-state index < -0.39 is 20.4 Å². The quantitative estimate of drug-likeness (QED) is 0.704. The minimum absolute atomic E-state index is 0.0598. The van der Waals surface area contributed by atoms with Gasteiger partial charge in [-0.3, -0.25) is 9.13 Å². The second-order valence-electron chi connectivity index (χ2n) is 2.81. The molecule has 2 N–H and O–H groups in total. The van der Waals surface area contributed by atoms with Gasteiger partial charge >= 0.3 is 7.60 Å². The molecule has 0 fully saturated rings. The number of rotatable bonds is 5. The lowest BCUT2D eigenvalue weighted by Crippen LogP contribution is -2.09. The van der Waals surface area contributed by atoms with E-state index in [1.54, 1.807) is 13.8 Å². The van der Waals surface area contributed by atoms with Gasteiger partial charge < -0.3 is 14.3 Å². The highest BCUT2D eigenvalue weighted by Crippen LogP contribution is 2.64. The van der Waals surface area contributed by atoms with Crippen molar-refractivity contribution in [3.8, 4) is 0 Å². The van der Waals surface area contributed by atoms with Gasteiger partial charge in [0.25, 0.3) is 0 Å². The molecule has 0 aromatic carbocycles. The molecule has 0 rings (SSSR count). The molecule has 0 aromatic heterocycles. The van der Waals surface area contributed by atoms with Crippen LogP contribution in [0, 0.1) is 0 Å². The van der Waals surface area contributed by atoms with Gasteiger partial charge in [-0.25, -0.2) is 0 Å². The molecule has 80 valence electrons. The maximum Gasteiger partial charge on any atom is 0.340 e. The van der Waals surface area contributed by atoms with Gasteiger partial charge in [-0.05, 0) is 13.3 Å². The van der Waals surface area contributed by atoms with E-state index in [9.17, 15) is 18.9 Å². The zero-order valence-electron chi connectivity index (χ0n) is 8.01. The van der Waals surface area contributed by atoms with Crippen LogP contribution in [0.25, 0.3) is 0 Å². The topological polar surface area (TPSA) is 83.8 Å². The SMILES string of the molecule is CCOP(=O)(O)C(CC)P(C)(=O)O. The Labute approximate surface area is 78.1 Å². The summed E-state index contributed by atoms with van der Waals surface area (Å²) in [7, 11) is -7.50. The smallest absolute Gasteiger partial charge is 0.340 e. The van der Waals surface area contributed by atoms with Gasteiger partial charge in [-0.15, -0.1) is 0 Å². The zero-order valence-corrected chi connectivity index (χ0v) is 9.79. The molecule has 0 aliphatic heterocycles. The van der Waals surface area contributed by atoms with Crippen LogP contribution >= 0.6 is 15.0 Å². The third-order valence-electron chi connectivity index (χ3n) is 1.61. The highest BCUT2D eigenvalue weighted by molar-refractivity contribution is 7.73. The van der Waals surface area contributed by atoms with Crippen molar-refractivity contribution in [3.05, 3.63) is 0 Å². The van der Waals surface area contributed by atoms with Gasteiger partial charge in [0, 0.05) is 6.66 Å². The molecule has 0 amide bonds. The predicted molar refractivity (Wildman–Crippen MR) is 51.3 cm³/mol. The summed E-state index contributed by atoms with van der Waals surface area (Å²) < 4.78 is 27.2. The molecular formula is C6H16O5P2. The Morgan fingerprint density at radius 3 is 2.00 bits per heavy atom. The van der Waals surface area contributed by atoms with Crippen LogP contribution in [-0.2, 0) is 13.7 Å². The van der Waals surface area contributed by atoms with Crippen LogP contribution in [0.4, 0.5) is 0 Å². The molecule has 5 nitrogen and oxygen atoms in total. The van der Waals surface area contributed by atoms with E-state index in [0.29, 0.717) is 0 Å². The summed E-state index contributed by atoms with van der Waals surface area (Å²) in [5.41, 5.74) is 0. The third kappa shape index (κ3) is 3.92. The Morgan fingerprint density at radius 2 is 1.77 bits per heavy atom. The van der Waals surface area contributed by atoms with E-state index in [1.807, 2.05) is 0 Å². The van der Waals surface area contributed by atoms with E-state index in [4.69, 9.17) is 0 Å². The van der Waals surface area contributed by atoms with Gasteiger partial charge in [0.05, 0.1) is 6.61 Å². The molecule has 0 aliphatic carbocycles. The lowest BCUT2D eigenvalue weighted by Gasteiger charge is -2.22. The fourth-order valence-electron chi connectivity index (χ4n) is 1.11. The minimum atomic E-state index is -3.94. The maximum absolute atomic E-state index is 11.4. The van der Waals surface area contributed by atoms with Crippen molar-refractivity contribution in [2.75, 3.05) is 13.3 Å². The molecule has 0 saturated carbocycles. The molecule has 0 heterocycles. The first-order valence-corrected chi connectivity index (χ1v) is 7.85. The predicted octanol–water partition coefficient (Wildman–Crippen LogP) is 1.84. The van der Waals surface area contributed by atoms with Crippen molar-refractivity contribution < 1.29 is 23.4 Å². The minimum Gasteiger partial charge on any atom is -0.344 e. The van der Waals surface area contributed by atoms with Crippen LogP contribution in [0.3, 0.4) is 0 Å². The molecular weight excluding hydrogens is 214 g/mol. The average molecular weight is 230 g/mol. The van der Waals surface area contributed by atoms with Gasteiger partial charge in [-0.2, -0.15) is 0 Å². The summed E-state index contributed by atoms with van der Waals surface area (Å²) in [6.45, 7) is 4.28. The van der Waals surface area contributed by atoms with Crippen molar-refractivity contribution in [2.24, 2.45) is 0 Å². The van der Waals surface area contributed by atoms with Crippen LogP contribution in [-0.4, -0.2) is 28.5 Å². The number of hydrogen-bond acceptors (Lipinski definition) is 3. The standard InChI is InChI=1S/C6H16O5P2/c1-4-6(12(3,7)8)13(9,10)11-5-2/h6H,4-5H2,1-3H3,(H,7,8)(H,9,10). The lowest BCUT2D eigenvalue weighted by atomic mass is 10.6. The van der Waals surface area contributed by atoms with Crippen LogP contribution in [0.2, 0.25) is 0 Å². The summed E-state index contributed by atoms with van der Waals surface area (Å²) in [5.74, 6) is 0. The first-order chi connectivity index (χ1) is 5.75. The Balaban J connectivity index is 4.78. The Bertz CT molecular complexity index is 245. The van der Waals surface area contributed by atoms with Crippen LogP contribution in [0.5, 0.6) is 0 Å². The van der Waals surface area contributed by atoms with E-state index in [2.05, 4.69) is 4.52 Å². The van der Waals surface area contributed by atoms with Crippen molar-refractivity contribution in [1.82, 2.24) is 0 Å². The van der Waals surface area contributed by atoms with Gasteiger partial charge in [-0.1, -0.05) is 6.92 Å². The van der Waals surface area contributed by atoms with Crippen LogP contribution in [0.15, 0.2) is 0 Å². The van der Waals surface area contributed by atoms with E-state index >= 15 is 0 Å². The van der Waals surface area contributed by atoms with Gasteiger partial charge in [0.1, 0.15) is 5.40 Å². The van der Waals surface area contributed by atoms with Gasteiger partial charge in [0.15, 0.2) is 0 Å². The first kappa shape index (κ1) is 13.3. The molecule has 0 spiro atoms. The largest absolute Gasteiger partial charge is 0.344 e. The molecule has 0 aromatic rings. The first-order valence-electron chi connectivity index (χ1n) is 4.02. The molecule has 3 atom stereocenters. The summed E-state index contributed by atoms with van der Waals surface area (Å²) in [5, 5.41) is -1.17. The highest BCUT2D eigenvalue weighted by atomic mass is 31.2. The van der Waals surface area contributed by atoms with Crippen molar-refractivity contribution >= 4 is 15.0 Å². The van der Waals surface area contributed by atoms with E-state index in [1.165, 1.54) is 0 Å². The maximum atomic E-state index is 11.4. The van der Waals surface area contributed by atoms with E-state index in [0.717, 1.165) is 6.66 Å². The highest BCUT2D eigenvalue weighted by Gasteiger charge is 2.41. The zero-order chi connectivity index (χ0) is 10.7. The molecule has 0 saturated heterocycles. The van der Waals surface area contributed by atoms with Crippen LogP contribution in [0.1, 0.15) is 20.3 Å². The Kier molecular flexibility index (Phi) is 4.84. The molecule has 3 unspecified atom stereocenters. The molecule has 0 bridgehead atoms. The fraction of sp³-hybridized carbons (Fsp3) is 1.00. The summed E-state index contributed by atoms with van der Waals surface area (Å²) in [6.07, 6.45) is 0.151. The number of hydrogen-bond donors (Lipinski definition) is 2. The second-order valence-corrected chi connectivity index (χ2v) is 7.74. The van der Waals surface area contributed by atoms with Crippen molar-refractivity contribution in [1.29, 1.82) is 0 Å². The second kappa shape index (κ2) is 4.72. The molecule has 0 radical (unpaired) electrons. The Morgan fingerprint density at radius 1 is 1.31 bits per heavy atom. The third-order valence-corrected chi connectivity index (χ3v) is 6.99. The summed E-state index contributed by atoms with van der Waals surface area (Å²) in [6, 6.07) is 0. The summed E-state index contributed by atoms with van der Waals surface area (Å²) >= 11 is 0.